The van der Waals surface area contributed by atoms with Crippen LogP contribution in [-0.2, 0) is 9.53 Å². The molecule has 1 aromatic carbocycles. The van der Waals surface area contributed by atoms with Gasteiger partial charge in [-0.05, 0) is 6.42 Å². The lowest BCUT2D eigenvalue weighted by atomic mass is 10.1. The van der Waals surface area contributed by atoms with Crippen LogP contribution in [0.5, 0.6) is 0 Å². The number of hydrogen-bond acceptors (Lipinski definition) is 3. The van der Waals surface area contributed by atoms with Crippen LogP contribution in [0.3, 0.4) is 0 Å². The number of nitrogens with one attached hydrogen (secondary N) is 1. The Labute approximate surface area is 107 Å². The lowest BCUT2D eigenvalue weighted by molar-refractivity contribution is -0.142. The molecule has 7 heteroatoms. The molecule has 0 spiro atoms. The van der Waals surface area contributed by atoms with Crippen LogP contribution in [0.1, 0.15) is 23.7 Å². The molecule has 1 N–H and O–H groups in total. The number of methoxy groups -OCH3 is 1. The van der Waals surface area contributed by atoms with E-state index >= 15 is 0 Å². The average molecular weight is 275 g/mol. The number of benzene rings is 1. The summed E-state index contributed by atoms with van der Waals surface area (Å²) in [5.74, 6) is -5.69. The molecular formula is C12H12F3NO3. The van der Waals surface area contributed by atoms with Crippen molar-refractivity contribution in [1.82, 2.24) is 5.32 Å². The fraction of sp³-hybridized carbons (Fsp3) is 0.333. The van der Waals surface area contributed by atoms with Gasteiger partial charge in [-0.2, -0.15) is 0 Å². The molecule has 19 heavy (non-hydrogen) atoms. The van der Waals surface area contributed by atoms with Crippen molar-refractivity contribution >= 4 is 11.9 Å². The van der Waals surface area contributed by atoms with E-state index < -0.39 is 40.9 Å². The van der Waals surface area contributed by atoms with Gasteiger partial charge in [-0.1, -0.05) is 6.92 Å². The number of amides is 1. The summed E-state index contributed by atoms with van der Waals surface area (Å²) in [5, 5.41) is 2.12. The molecule has 0 aliphatic carbocycles. The number of ether oxygens (including phenoxy) is 1. The van der Waals surface area contributed by atoms with Crippen LogP contribution in [0.25, 0.3) is 0 Å². The van der Waals surface area contributed by atoms with Gasteiger partial charge in [0.15, 0.2) is 0 Å². The predicted octanol–water partition coefficient (Wildman–Crippen LogP) is 1.79. The molecule has 0 heterocycles. The van der Waals surface area contributed by atoms with Crippen molar-refractivity contribution < 1.29 is 27.5 Å². The monoisotopic (exact) mass is 275 g/mol. The minimum absolute atomic E-state index is 0.183. The van der Waals surface area contributed by atoms with Crippen LogP contribution in [0.15, 0.2) is 12.1 Å². The third-order valence-corrected chi connectivity index (χ3v) is 2.43. The summed E-state index contributed by atoms with van der Waals surface area (Å²) in [7, 11) is 1.12. The second-order valence-corrected chi connectivity index (χ2v) is 3.70. The van der Waals surface area contributed by atoms with Crippen molar-refractivity contribution in [2.75, 3.05) is 7.11 Å². The van der Waals surface area contributed by atoms with E-state index in [0.717, 1.165) is 7.11 Å². The highest BCUT2D eigenvalue weighted by Crippen LogP contribution is 2.15. The summed E-state index contributed by atoms with van der Waals surface area (Å²) in [6.45, 7) is 1.58. The summed E-state index contributed by atoms with van der Waals surface area (Å²) in [5.41, 5.74) is -0.941. The molecule has 1 rings (SSSR count). The topological polar surface area (TPSA) is 55.4 Å². The van der Waals surface area contributed by atoms with Crippen molar-refractivity contribution in [3.8, 4) is 0 Å². The van der Waals surface area contributed by atoms with Crippen LogP contribution in [0, 0.1) is 17.5 Å². The van der Waals surface area contributed by atoms with Gasteiger partial charge >= 0.3 is 5.97 Å². The molecule has 0 saturated carbocycles. The molecule has 104 valence electrons. The van der Waals surface area contributed by atoms with Gasteiger partial charge in [0.25, 0.3) is 5.91 Å². The zero-order chi connectivity index (χ0) is 14.6. The van der Waals surface area contributed by atoms with Gasteiger partial charge in [0.05, 0.1) is 7.11 Å². The highest BCUT2D eigenvalue weighted by molar-refractivity contribution is 5.97. The van der Waals surface area contributed by atoms with Gasteiger partial charge in [-0.25, -0.2) is 18.0 Å². The Bertz CT molecular complexity index is 482. The molecule has 4 nitrogen and oxygen atoms in total. The number of hydrogen-bond donors (Lipinski definition) is 1. The van der Waals surface area contributed by atoms with Gasteiger partial charge in [0, 0.05) is 12.1 Å². The summed E-state index contributed by atoms with van der Waals surface area (Å²) in [4.78, 5) is 22.9. The first-order valence-electron chi connectivity index (χ1n) is 5.43. The molecule has 0 aromatic heterocycles. The summed E-state index contributed by atoms with van der Waals surface area (Å²) in [6, 6.07) is -0.255. The van der Waals surface area contributed by atoms with Crippen molar-refractivity contribution in [2.24, 2.45) is 0 Å². The minimum Gasteiger partial charge on any atom is -0.467 e. The summed E-state index contributed by atoms with van der Waals surface area (Å²) in [6.07, 6.45) is 0.183. The van der Waals surface area contributed by atoms with E-state index in [-0.39, 0.29) is 6.42 Å². The third-order valence-electron chi connectivity index (χ3n) is 2.43. The smallest absolute Gasteiger partial charge is 0.328 e. The zero-order valence-corrected chi connectivity index (χ0v) is 10.3. The van der Waals surface area contributed by atoms with Crippen LogP contribution in [0.2, 0.25) is 0 Å². The molecule has 1 amide bonds. The molecule has 0 radical (unpaired) electrons. The van der Waals surface area contributed by atoms with E-state index in [2.05, 4.69) is 10.1 Å². The van der Waals surface area contributed by atoms with E-state index in [0.29, 0.717) is 12.1 Å². The second kappa shape index (κ2) is 6.21. The lowest BCUT2D eigenvalue weighted by Gasteiger charge is -2.15. The van der Waals surface area contributed by atoms with E-state index in [1.807, 2.05) is 0 Å². The number of halogens is 3. The molecular weight excluding hydrogens is 263 g/mol. The molecule has 0 bridgehead atoms. The van der Waals surface area contributed by atoms with Gasteiger partial charge in [-0.15, -0.1) is 0 Å². The van der Waals surface area contributed by atoms with Crippen LogP contribution < -0.4 is 5.32 Å². The molecule has 0 fully saturated rings. The Morgan fingerprint density at radius 1 is 1.26 bits per heavy atom. The highest BCUT2D eigenvalue weighted by atomic mass is 19.1. The van der Waals surface area contributed by atoms with Gasteiger partial charge in [-0.3, -0.25) is 4.79 Å². The molecule has 1 atom stereocenters. The van der Waals surface area contributed by atoms with Gasteiger partial charge in [0.1, 0.15) is 29.1 Å². The average Bonchev–Trinajstić information content (AvgIpc) is 2.33. The van der Waals surface area contributed by atoms with Crippen molar-refractivity contribution in [1.29, 1.82) is 0 Å². The Kier molecular flexibility index (Phi) is 4.91. The summed E-state index contributed by atoms with van der Waals surface area (Å²) < 4.78 is 43.8. The second-order valence-electron chi connectivity index (χ2n) is 3.70. The summed E-state index contributed by atoms with van der Waals surface area (Å²) >= 11 is 0. The number of carbonyl (C=O) groups excluding carboxylic acids is 2. The zero-order valence-electron chi connectivity index (χ0n) is 10.3. The lowest BCUT2D eigenvalue weighted by Crippen LogP contribution is -2.41. The Morgan fingerprint density at radius 3 is 2.21 bits per heavy atom. The SMILES string of the molecule is CC[C@@H](NC(=O)c1c(F)cc(F)cc1F)C(=O)OC. The van der Waals surface area contributed by atoms with E-state index in [1.54, 1.807) is 6.92 Å². The quantitative estimate of drug-likeness (QED) is 0.852. The van der Waals surface area contributed by atoms with Crippen LogP contribution >= 0.6 is 0 Å². The van der Waals surface area contributed by atoms with Crippen molar-refractivity contribution in [2.45, 2.75) is 19.4 Å². The number of rotatable bonds is 4. The highest BCUT2D eigenvalue weighted by Gasteiger charge is 2.24. The molecule has 0 saturated heterocycles. The molecule has 0 unspecified atom stereocenters. The van der Waals surface area contributed by atoms with Crippen LogP contribution in [-0.4, -0.2) is 25.0 Å². The van der Waals surface area contributed by atoms with E-state index in [4.69, 9.17) is 0 Å². The normalized spacial score (nSPS) is 11.8. The fourth-order valence-corrected chi connectivity index (χ4v) is 1.46. The van der Waals surface area contributed by atoms with E-state index in [1.165, 1.54) is 0 Å². The molecule has 1 aromatic rings. The maximum atomic E-state index is 13.3. The number of esters is 1. The molecule has 0 aliphatic heterocycles. The standard InChI is InChI=1S/C12H12F3NO3/c1-3-9(12(18)19-2)16-11(17)10-7(14)4-6(13)5-8(10)15/h4-5,9H,3H2,1-2H3,(H,16,17)/t9-/m1/s1. The molecule has 0 aliphatic rings. The minimum atomic E-state index is -1.34. The number of carbonyl (C=O) groups is 2. The first kappa shape index (κ1) is 15.0. The van der Waals surface area contributed by atoms with Crippen LogP contribution in [0.4, 0.5) is 13.2 Å². The van der Waals surface area contributed by atoms with E-state index in [9.17, 15) is 22.8 Å². The Morgan fingerprint density at radius 2 is 1.79 bits per heavy atom. The maximum absolute atomic E-state index is 13.3. The Hall–Kier alpha value is -2.05. The predicted molar refractivity (Wildman–Crippen MR) is 59.9 cm³/mol. The Balaban J connectivity index is 2.98. The van der Waals surface area contributed by atoms with Crippen molar-refractivity contribution in [3.63, 3.8) is 0 Å². The fourth-order valence-electron chi connectivity index (χ4n) is 1.46. The first-order valence-corrected chi connectivity index (χ1v) is 5.43. The van der Waals surface area contributed by atoms with Crippen molar-refractivity contribution in [3.05, 3.63) is 35.1 Å². The van der Waals surface area contributed by atoms with Gasteiger partial charge in [0.2, 0.25) is 0 Å². The van der Waals surface area contributed by atoms with Gasteiger partial charge < -0.3 is 10.1 Å². The largest absolute Gasteiger partial charge is 0.467 e. The third kappa shape index (κ3) is 3.46. The maximum Gasteiger partial charge on any atom is 0.328 e. The first-order chi connectivity index (χ1) is 8.90.